The summed E-state index contributed by atoms with van der Waals surface area (Å²) in [5, 5.41) is 11.8. The van der Waals surface area contributed by atoms with E-state index in [1.54, 1.807) is 30.3 Å². The summed E-state index contributed by atoms with van der Waals surface area (Å²) in [6.45, 7) is 1.86. The first-order valence-electron chi connectivity index (χ1n) is 9.62. The number of non-ortho nitro benzene ring substituents is 1. The number of nitro groups is 1. The molecule has 2 aromatic carbocycles. The molecule has 0 spiro atoms. The predicted octanol–water partition coefficient (Wildman–Crippen LogP) is 4.81. The van der Waals surface area contributed by atoms with Crippen LogP contribution in [0.5, 0.6) is 0 Å². The van der Waals surface area contributed by atoms with Crippen molar-refractivity contribution in [2.75, 3.05) is 4.90 Å². The molecule has 0 aliphatic carbocycles. The molecule has 4 aromatic rings. The number of hydrogen-bond donors (Lipinski definition) is 0. The van der Waals surface area contributed by atoms with Crippen LogP contribution in [0.25, 0.3) is 11.0 Å². The number of carbonyl (C=O) groups is 1. The van der Waals surface area contributed by atoms with Gasteiger partial charge in [0.05, 0.1) is 26.9 Å². The maximum absolute atomic E-state index is 13.5. The van der Waals surface area contributed by atoms with Crippen LogP contribution in [0.4, 0.5) is 11.5 Å². The van der Waals surface area contributed by atoms with Crippen molar-refractivity contribution < 1.29 is 14.1 Å². The molecular weight excluding hydrogens is 434 g/mol. The number of nitrogens with zero attached hydrogens (tertiary/aromatic N) is 3. The van der Waals surface area contributed by atoms with E-state index in [2.05, 4.69) is 4.98 Å². The average molecular weight is 448 g/mol. The van der Waals surface area contributed by atoms with E-state index in [-0.39, 0.29) is 28.3 Å². The number of rotatable bonds is 3. The van der Waals surface area contributed by atoms with Gasteiger partial charge in [-0.05, 0) is 48.9 Å². The van der Waals surface area contributed by atoms with Gasteiger partial charge in [-0.15, -0.1) is 0 Å². The van der Waals surface area contributed by atoms with E-state index in [1.807, 2.05) is 6.92 Å². The maximum Gasteiger partial charge on any atom is 0.296 e. The Hall–Kier alpha value is -4.04. The third-order valence-corrected chi connectivity index (χ3v) is 5.63. The Morgan fingerprint density at radius 2 is 1.84 bits per heavy atom. The highest BCUT2D eigenvalue weighted by molar-refractivity contribution is 6.30. The average Bonchev–Trinajstić information content (AvgIpc) is 3.07. The van der Waals surface area contributed by atoms with Crippen LogP contribution in [-0.2, 0) is 0 Å². The van der Waals surface area contributed by atoms with Gasteiger partial charge in [0.25, 0.3) is 11.6 Å². The van der Waals surface area contributed by atoms with E-state index in [0.29, 0.717) is 21.6 Å². The van der Waals surface area contributed by atoms with Crippen molar-refractivity contribution in [2.24, 2.45) is 0 Å². The summed E-state index contributed by atoms with van der Waals surface area (Å²) in [6.07, 6.45) is 1.40. The molecule has 32 heavy (non-hydrogen) atoms. The summed E-state index contributed by atoms with van der Waals surface area (Å²) in [6, 6.07) is 13.2. The number of pyridine rings is 1. The quantitative estimate of drug-likeness (QED) is 0.329. The second-order valence-electron chi connectivity index (χ2n) is 7.43. The van der Waals surface area contributed by atoms with Crippen LogP contribution >= 0.6 is 11.6 Å². The first-order valence-corrected chi connectivity index (χ1v) is 10.00. The lowest BCUT2D eigenvalue weighted by atomic mass is 9.98. The molecule has 1 aliphatic rings. The summed E-state index contributed by atoms with van der Waals surface area (Å²) in [4.78, 5) is 43.1. The van der Waals surface area contributed by atoms with E-state index in [0.717, 1.165) is 5.56 Å². The Balaban J connectivity index is 1.78. The van der Waals surface area contributed by atoms with E-state index >= 15 is 0 Å². The van der Waals surface area contributed by atoms with Crippen LogP contribution in [0.3, 0.4) is 0 Å². The number of aromatic nitrogens is 1. The lowest BCUT2D eigenvalue weighted by Crippen LogP contribution is -2.30. The molecular formula is C23H14ClN3O5. The fourth-order valence-corrected chi connectivity index (χ4v) is 4.04. The second-order valence-corrected chi connectivity index (χ2v) is 7.87. The Morgan fingerprint density at radius 1 is 1.09 bits per heavy atom. The predicted molar refractivity (Wildman–Crippen MR) is 118 cm³/mol. The molecule has 0 saturated heterocycles. The number of amides is 1. The van der Waals surface area contributed by atoms with Gasteiger partial charge in [-0.25, -0.2) is 4.98 Å². The molecule has 0 saturated carbocycles. The lowest BCUT2D eigenvalue weighted by Gasteiger charge is -2.24. The molecule has 1 amide bonds. The molecule has 9 heteroatoms. The number of benzene rings is 2. The molecule has 1 atom stereocenters. The van der Waals surface area contributed by atoms with Crippen LogP contribution < -0.4 is 10.3 Å². The summed E-state index contributed by atoms with van der Waals surface area (Å²) in [5.74, 6) is -0.335. The summed E-state index contributed by atoms with van der Waals surface area (Å²) in [7, 11) is 0. The fraction of sp³-hybridized carbons (Fsp3) is 0.0870. The van der Waals surface area contributed by atoms with E-state index in [4.69, 9.17) is 16.0 Å². The maximum atomic E-state index is 13.5. The standard InChI is InChI=1S/C23H14ClN3O5/c1-12-2-8-17-16(10-12)21(28)19-20(13-3-6-15(7-4-13)27(30)31)26(23(29)22(19)32-17)18-9-5-14(24)11-25-18/h2-11,20H,1H3. The third kappa shape index (κ3) is 3.04. The third-order valence-electron chi connectivity index (χ3n) is 5.40. The van der Waals surface area contributed by atoms with Gasteiger partial charge in [0.1, 0.15) is 11.4 Å². The molecule has 8 nitrogen and oxygen atoms in total. The topological polar surface area (TPSA) is 107 Å². The van der Waals surface area contributed by atoms with Crippen molar-refractivity contribution in [3.05, 3.63) is 109 Å². The summed E-state index contributed by atoms with van der Waals surface area (Å²) >= 11 is 5.96. The minimum Gasteiger partial charge on any atom is -0.450 e. The van der Waals surface area contributed by atoms with Crippen molar-refractivity contribution in [3.8, 4) is 0 Å². The normalized spacial score (nSPS) is 15.2. The smallest absolute Gasteiger partial charge is 0.296 e. The Bertz CT molecular complexity index is 1460. The molecule has 0 radical (unpaired) electrons. The zero-order valence-electron chi connectivity index (χ0n) is 16.6. The Labute approximate surface area is 185 Å². The zero-order valence-corrected chi connectivity index (χ0v) is 17.4. The minimum absolute atomic E-state index is 0.0774. The zero-order chi connectivity index (χ0) is 22.6. The van der Waals surface area contributed by atoms with E-state index in [1.165, 1.54) is 35.4 Å². The van der Waals surface area contributed by atoms with E-state index < -0.39 is 16.9 Å². The van der Waals surface area contributed by atoms with Crippen LogP contribution in [0.2, 0.25) is 5.02 Å². The molecule has 158 valence electrons. The van der Waals surface area contributed by atoms with Gasteiger partial charge in [-0.1, -0.05) is 23.2 Å². The largest absolute Gasteiger partial charge is 0.450 e. The van der Waals surface area contributed by atoms with Crippen LogP contribution in [0.15, 0.2) is 70.0 Å². The molecule has 1 unspecified atom stereocenters. The number of anilines is 1. The molecule has 1 aliphatic heterocycles. The fourth-order valence-electron chi connectivity index (χ4n) is 3.93. The highest BCUT2D eigenvalue weighted by Gasteiger charge is 2.44. The Kier molecular flexibility index (Phi) is 4.53. The molecule has 2 aromatic heterocycles. The van der Waals surface area contributed by atoms with Gasteiger partial charge in [0.2, 0.25) is 5.76 Å². The van der Waals surface area contributed by atoms with Gasteiger partial charge < -0.3 is 4.42 Å². The molecule has 0 N–H and O–H groups in total. The van der Waals surface area contributed by atoms with Crippen LogP contribution in [0.1, 0.15) is 33.3 Å². The highest BCUT2D eigenvalue weighted by atomic mass is 35.5. The van der Waals surface area contributed by atoms with Gasteiger partial charge in [0, 0.05) is 18.3 Å². The molecule has 0 bridgehead atoms. The number of nitro benzene ring substituents is 1. The lowest BCUT2D eigenvalue weighted by molar-refractivity contribution is -0.384. The molecule has 5 rings (SSSR count). The number of carbonyl (C=O) groups excluding carboxylic acids is 1. The number of halogens is 1. The van der Waals surface area contributed by atoms with Crippen LogP contribution in [-0.4, -0.2) is 15.8 Å². The van der Waals surface area contributed by atoms with Crippen LogP contribution in [0, 0.1) is 17.0 Å². The Morgan fingerprint density at radius 3 is 2.50 bits per heavy atom. The van der Waals surface area contributed by atoms with Gasteiger partial charge in [0.15, 0.2) is 5.43 Å². The monoisotopic (exact) mass is 447 g/mol. The summed E-state index contributed by atoms with van der Waals surface area (Å²) < 4.78 is 5.89. The SMILES string of the molecule is Cc1ccc2oc3c(c(=O)c2c1)C(c1ccc([N+](=O)[O-])cc1)N(c1ccc(Cl)cn1)C3=O. The van der Waals surface area contributed by atoms with Crippen molar-refractivity contribution >= 4 is 40.0 Å². The first-order chi connectivity index (χ1) is 15.3. The molecule has 0 fully saturated rings. The first kappa shape index (κ1) is 19.9. The van der Waals surface area contributed by atoms with Gasteiger partial charge in [-0.2, -0.15) is 0 Å². The number of aryl methyl sites for hydroxylation is 1. The van der Waals surface area contributed by atoms with Gasteiger partial charge in [-0.3, -0.25) is 24.6 Å². The summed E-state index contributed by atoms with van der Waals surface area (Å²) in [5.41, 5.74) is 1.42. The number of hydrogen-bond acceptors (Lipinski definition) is 6. The van der Waals surface area contributed by atoms with Gasteiger partial charge >= 0.3 is 0 Å². The molecule has 3 heterocycles. The van der Waals surface area contributed by atoms with Crippen molar-refractivity contribution in [3.63, 3.8) is 0 Å². The van der Waals surface area contributed by atoms with Crippen molar-refractivity contribution in [2.45, 2.75) is 13.0 Å². The van der Waals surface area contributed by atoms with E-state index in [9.17, 15) is 19.7 Å². The highest BCUT2D eigenvalue weighted by Crippen LogP contribution is 2.41. The second kappa shape index (κ2) is 7.28. The van der Waals surface area contributed by atoms with Crippen molar-refractivity contribution in [1.82, 2.24) is 4.98 Å². The minimum atomic E-state index is -0.867. The number of fused-ring (bicyclic) bond motifs is 2. The van der Waals surface area contributed by atoms with Crippen molar-refractivity contribution in [1.29, 1.82) is 0 Å².